The zero-order valence-electron chi connectivity index (χ0n) is 13.2. The zero-order chi connectivity index (χ0) is 19.0. The second-order valence-electron chi connectivity index (χ2n) is 5.41. The van der Waals surface area contributed by atoms with Crippen molar-refractivity contribution < 1.29 is 24.6 Å². The Morgan fingerprint density at radius 2 is 2.23 bits per heavy atom. The van der Waals surface area contributed by atoms with Gasteiger partial charge in [0.25, 0.3) is 0 Å². The largest absolute Gasteiger partial charge is 0.479 e. The molecule has 3 atom stereocenters. The van der Waals surface area contributed by atoms with E-state index in [2.05, 4.69) is 22.1 Å². The molecule has 1 fully saturated rings. The first-order chi connectivity index (χ1) is 12.4. The summed E-state index contributed by atoms with van der Waals surface area (Å²) in [6, 6.07) is -1.83. The van der Waals surface area contributed by atoms with E-state index >= 15 is 0 Å². The lowest BCUT2D eigenvalue weighted by Crippen LogP contribution is -2.68. The molecule has 2 aliphatic heterocycles. The number of β-lactam (4-membered cyclic amide) rings is 1. The highest BCUT2D eigenvalue weighted by atomic mass is 32.2. The van der Waals surface area contributed by atoms with E-state index in [0.717, 1.165) is 16.4 Å². The van der Waals surface area contributed by atoms with E-state index in [-0.39, 0.29) is 22.0 Å². The molecule has 1 aromatic heterocycles. The summed E-state index contributed by atoms with van der Waals surface area (Å²) in [7, 11) is 0. The van der Waals surface area contributed by atoms with Crippen LogP contribution in [0.4, 0.5) is 0 Å². The fourth-order valence-corrected chi connectivity index (χ4v) is 4.94. The van der Waals surface area contributed by atoms with Crippen LogP contribution in [0.15, 0.2) is 29.1 Å². The van der Waals surface area contributed by atoms with Gasteiger partial charge in [0, 0.05) is 11.5 Å². The van der Waals surface area contributed by atoms with Gasteiger partial charge in [-0.05, 0) is 16.0 Å². The van der Waals surface area contributed by atoms with Crippen LogP contribution in [0.25, 0.3) is 0 Å². The smallest absolute Gasteiger partial charge is 0.352 e. The monoisotopic (exact) mass is 398 g/mol. The number of aromatic nitrogens is 4. The molecular weight excluding hydrogens is 384 g/mol. The van der Waals surface area contributed by atoms with Crippen LogP contribution in [0.3, 0.4) is 0 Å². The number of hydrogen-bond acceptors (Lipinski definition) is 9. The third-order valence-electron chi connectivity index (χ3n) is 3.87. The third-order valence-corrected chi connectivity index (χ3v) is 6.25. The highest BCUT2D eigenvalue weighted by molar-refractivity contribution is 8.01. The molecule has 0 aliphatic carbocycles. The molecular formula is C13H14N6O5S2. The van der Waals surface area contributed by atoms with Gasteiger partial charge in [0.2, 0.25) is 11.1 Å². The SMILES string of the molecule is C=CC(C(=O)O)n1nnnc1SCC1=C(C(=O)O)N2C(=O)C(N)[C@@H]2SC1. The Hall–Kier alpha value is -2.38. The topological polar surface area (TPSA) is 165 Å². The minimum absolute atomic E-state index is 0.0783. The van der Waals surface area contributed by atoms with Crippen molar-refractivity contribution in [2.75, 3.05) is 11.5 Å². The standard InChI is InChI=1S/C13H14N6O5S2/c1-2-6(11(21)22)19-13(15-16-17-19)26-4-5-3-25-10-7(14)9(20)18(10)8(5)12(23)24/h2,6-7,10H,1,3-4,14H2,(H,21,22)(H,23,24)/t6?,7?,10-/m0/s1. The number of nitrogens with two attached hydrogens (primary N) is 1. The maximum Gasteiger partial charge on any atom is 0.352 e. The lowest BCUT2D eigenvalue weighted by atomic mass is 10.0. The van der Waals surface area contributed by atoms with Crippen molar-refractivity contribution in [3.05, 3.63) is 23.9 Å². The summed E-state index contributed by atoms with van der Waals surface area (Å²) in [6.07, 6.45) is 1.19. The van der Waals surface area contributed by atoms with Gasteiger partial charge in [-0.15, -0.1) is 23.4 Å². The minimum atomic E-state index is -1.21. The number of carboxylic acid groups (broad SMARTS) is 2. The molecule has 11 nitrogen and oxygen atoms in total. The summed E-state index contributed by atoms with van der Waals surface area (Å²) < 4.78 is 1.09. The third kappa shape index (κ3) is 2.97. The summed E-state index contributed by atoms with van der Waals surface area (Å²) in [6.45, 7) is 3.45. The number of tetrazole rings is 1. The molecule has 1 amide bonds. The van der Waals surface area contributed by atoms with Gasteiger partial charge >= 0.3 is 11.9 Å². The number of amides is 1. The van der Waals surface area contributed by atoms with Crippen LogP contribution in [-0.2, 0) is 14.4 Å². The van der Waals surface area contributed by atoms with Crippen molar-refractivity contribution in [2.24, 2.45) is 5.73 Å². The van der Waals surface area contributed by atoms with E-state index < -0.39 is 29.9 Å². The number of carboxylic acids is 2. The summed E-state index contributed by atoms with van der Waals surface area (Å²) in [5.41, 5.74) is 6.14. The predicted octanol–water partition coefficient (Wildman–Crippen LogP) is -0.842. The van der Waals surface area contributed by atoms with Gasteiger partial charge < -0.3 is 15.9 Å². The molecule has 0 saturated carbocycles. The number of fused-ring (bicyclic) bond motifs is 1. The lowest BCUT2D eigenvalue weighted by Gasteiger charge is -2.48. The number of hydrogen-bond donors (Lipinski definition) is 3. The van der Waals surface area contributed by atoms with Gasteiger partial charge in [-0.2, -0.15) is 0 Å². The van der Waals surface area contributed by atoms with Gasteiger partial charge in [0.05, 0.1) is 0 Å². The van der Waals surface area contributed by atoms with E-state index in [1.807, 2.05) is 0 Å². The van der Waals surface area contributed by atoms with Crippen molar-refractivity contribution in [3.8, 4) is 0 Å². The first-order valence-corrected chi connectivity index (χ1v) is 9.31. The van der Waals surface area contributed by atoms with Crippen molar-refractivity contribution in [1.29, 1.82) is 0 Å². The predicted molar refractivity (Wildman–Crippen MR) is 91.1 cm³/mol. The van der Waals surface area contributed by atoms with Crippen LogP contribution >= 0.6 is 23.5 Å². The van der Waals surface area contributed by atoms with Crippen LogP contribution in [0.1, 0.15) is 6.04 Å². The Bertz CT molecular complexity index is 824. The van der Waals surface area contributed by atoms with Gasteiger partial charge in [-0.3, -0.25) is 9.69 Å². The van der Waals surface area contributed by atoms with Gasteiger partial charge in [0.15, 0.2) is 6.04 Å². The fourth-order valence-electron chi connectivity index (χ4n) is 2.60. The zero-order valence-corrected chi connectivity index (χ0v) is 14.8. The molecule has 4 N–H and O–H groups in total. The van der Waals surface area contributed by atoms with E-state index in [1.165, 1.54) is 22.7 Å². The van der Waals surface area contributed by atoms with Crippen molar-refractivity contribution in [3.63, 3.8) is 0 Å². The number of rotatable bonds is 7. The van der Waals surface area contributed by atoms with E-state index in [4.69, 9.17) is 5.73 Å². The molecule has 2 unspecified atom stereocenters. The highest BCUT2D eigenvalue weighted by Crippen LogP contribution is 2.40. The van der Waals surface area contributed by atoms with Crippen LogP contribution in [-0.4, -0.2) is 76.1 Å². The quantitative estimate of drug-likeness (QED) is 0.298. The van der Waals surface area contributed by atoms with Crippen molar-refractivity contribution in [2.45, 2.75) is 22.6 Å². The average molecular weight is 398 g/mol. The van der Waals surface area contributed by atoms with Crippen LogP contribution in [0.5, 0.6) is 0 Å². The molecule has 1 aromatic rings. The Morgan fingerprint density at radius 3 is 2.85 bits per heavy atom. The van der Waals surface area contributed by atoms with Crippen LogP contribution in [0, 0.1) is 0 Å². The molecule has 0 radical (unpaired) electrons. The summed E-state index contributed by atoms with van der Waals surface area (Å²) in [5, 5.41) is 29.4. The van der Waals surface area contributed by atoms with Gasteiger partial charge in [-0.25, -0.2) is 14.3 Å². The van der Waals surface area contributed by atoms with E-state index in [1.54, 1.807) is 0 Å². The minimum Gasteiger partial charge on any atom is -0.479 e. The normalized spacial score (nSPS) is 23.3. The summed E-state index contributed by atoms with van der Waals surface area (Å²) in [5.74, 6) is -2.23. The lowest BCUT2D eigenvalue weighted by molar-refractivity contribution is -0.147. The van der Waals surface area contributed by atoms with E-state index in [0.29, 0.717) is 11.3 Å². The molecule has 2 aliphatic rings. The number of carbonyl (C=O) groups excluding carboxylic acids is 1. The van der Waals surface area contributed by atoms with Gasteiger partial charge in [-0.1, -0.05) is 17.8 Å². The Balaban J connectivity index is 1.82. The first-order valence-electron chi connectivity index (χ1n) is 7.28. The van der Waals surface area contributed by atoms with Gasteiger partial charge in [0.1, 0.15) is 17.1 Å². The highest BCUT2D eigenvalue weighted by Gasteiger charge is 2.51. The molecule has 3 heterocycles. The molecule has 13 heteroatoms. The molecule has 0 bridgehead atoms. The second kappa shape index (κ2) is 7.09. The summed E-state index contributed by atoms with van der Waals surface area (Å²) >= 11 is 2.47. The number of carbonyl (C=O) groups is 3. The fraction of sp³-hybridized carbons (Fsp3) is 0.385. The molecule has 1 saturated heterocycles. The Morgan fingerprint density at radius 1 is 1.50 bits per heavy atom. The Kier molecular flexibility index (Phi) is 5.02. The number of nitrogens with zero attached hydrogens (tertiary/aromatic N) is 5. The van der Waals surface area contributed by atoms with E-state index in [9.17, 15) is 24.6 Å². The molecule has 0 aromatic carbocycles. The molecule has 3 rings (SSSR count). The Labute approximate surface area is 155 Å². The van der Waals surface area contributed by atoms with Crippen molar-refractivity contribution >= 4 is 41.4 Å². The summed E-state index contributed by atoms with van der Waals surface area (Å²) in [4.78, 5) is 36.0. The number of aliphatic carboxylic acids is 2. The maximum absolute atomic E-state index is 11.9. The maximum atomic E-state index is 11.9. The molecule has 0 spiro atoms. The average Bonchev–Trinajstić information content (AvgIpc) is 3.06. The second-order valence-corrected chi connectivity index (χ2v) is 7.45. The number of thioether (sulfide) groups is 2. The first kappa shape index (κ1) is 18.4. The molecule has 138 valence electrons. The van der Waals surface area contributed by atoms with Crippen LogP contribution in [0.2, 0.25) is 0 Å². The van der Waals surface area contributed by atoms with Crippen molar-refractivity contribution in [1.82, 2.24) is 25.1 Å². The van der Waals surface area contributed by atoms with Crippen LogP contribution < -0.4 is 5.73 Å². The molecule has 26 heavy (non-hydrogen) atoms.